The van der Waals surface area contributed by atoms with Gasteiger partial charge in [0.25, 0.3) is 0 Å². The van der Waals surface area contributed by atoms with Gasteiger partial charge in [-0.2, -0.15) is 0 Å². The summed E-state index contributed by atoms with van der Waals surface area (Å²) >= 11 is 0. The van der Waals surface area contributed by atoms with Crippen molar-refractivity contribution in [2.75, 3.05) is 6.61 Å². The Balaban J connectivity index is 1.58. The maximum Gasteiger partial charge on any atom is 0.338 e. The molecule has 0 radical (unpaired) electrons. The van der Waals surface area contributed by atoms with Gasteiger partial charge in [0.05, 0.1) is 23.3 Å². The Morgan fingerprint density at radius 1 is 0.674 bits per heavy atom. The van der Waals surface area contributed by atoms with Crippen LogP contribution in [0.1, 0.15) is 76.6 Å². The second-order valence-electron chi connectivity index (χ2n) is 12.0. The molecule has 0 amide bonds. The second-order valence-corrected chi connectivity index (χ2v) is 12.0. The molecular formula is C36H43N3O4. The Morgan fingerprint density at radius 3 is 1.81 bits per heavy atom. The minimum atomic E-state index is -0.380. The molecular weight excluding hydrogens is 538 g/mol. The molecule has 0 aliphatic heterocycles. The number of ether oxygens (including phenoxy) is 1. The standard InChI is InChI=1S/C36H43N3O4/c1-24(2)12-5-6-13-26(21-20-25(3)4)23-43-36(42)28-15-11-14-27(22-28)33-37-34(29-16-7-9-18-31(29)40)39-35(38-33)30-17-8-10-19-32(30)41/h7-11,14-19,22,24-26,40-41H,5-6,12-13,20-21,23H2,1-4H3. The summed E-state index contributed by atoms with van der Waals surface area (Å²) in [6, 6.07) is 20.6. The number of phenols is 2. The average molecular weight is 582 g/mol. The van der Waals surface area contributed by atoms with Gasteiger partial charge in [0.15, 0.2) is 17.5 Å². The quantitative estimate of drug-likeness (QED) is 0.113. The van der Waals surface area contributed by atoms with Crippen LogP contribution in [0.2, 0.25) is 0 Å². The molecule has 7 nitrogen and oxygen atoms in total. The Bertz CT molecular complexity index is 1440. The smallest absolute Gasteiger partial charge is 0.338 e. The van der Waals surface area contributed by atoms with E-state index in [-0.39, 0.29) is 29.1 Å². The van der Waals surface area contributed by atoms with Gasteiger partial charge in [-0.15, -0.1) is 0 Å². The number of aromatic hydroxyl groups is 2. The third-order valence-corrected chi connectivity index (χ3v) is 7.53. The second kappa shape index (κ2) is 15.3. The molecule has 0 spiro atoms. The lowest BCUT2D eigenvalue weighted by molar-refractivity contribution is 0.0420. The average Bonchev–Trinajstić information content (AvgIpc) is 3.00. The summed E-state index contributed by atoms with van der Waals surface area (Å²) in [4.78, 5) is 27.1. The lowest BCUT2D eigenvalue weighted by atomic mass is 9.93. The Morgan fingerprint density at radius 2 is 1.23 bits per heavy atom. The van der Waals surface area contributed by atoms with Gasteiger partial charge in [0.2, 0.25) is 0 Å². The summed E-state index contributed by atoms with van der Waals surface area (Å²) in [6.07, 6.45) is 6.77. The number of phenolic OH excluding ortho intramolecular Hbond substituents is 2. The molecule has 4 aromatic rings. The SMILES string of the molecule is CC(C)CCCCC(CCC(C)C)COC(=O)c1cccc(-c2nc(-c3ccccc3O)nc(-c3ccccc3O)n2)c1. The first-order valence-corrected chi connectivity index (χ1v) is 15.3. The lowest BCUT2D eigenvalue weighted by Crippen LogP contribution is -2.15. The molecule has 1 atom stereocenters. The molecule has 3 aromatic carbocycles. The zero-order valence-corrected chi connectivity index (χ0v) is 25.7. The summed E-state index contributed by atoms with van der Waals surface area (Å²) in [5.74, 6) is 2.12. The molecule has 0 saturated heterocycles. The molecule has 0 fully saturated rings. The van der Waals surface area contributed by atoms with E-state index in [4.69, 9.17) is 4.74 Å². The number of unbranched alkanes of at least 4 members (excludes halogenated alkanes) is 1. The van der Waals surface area contributed by atoms with Crippen LogP contribution < -0.4 is 0 Å². The number of benzene rings is 3. The van der Waals surface area contributed by atoms with Gasteiger partial charge in [-0.1, -0.05) is 89.8 Å². The Kier molecular flexibility index (Phi) is 11.3. The minimum Gasteiger partial charge on any atom is -0.507 e. The van der Waals surface area contributed by atoms with Gasteiger partial charge in [-0.3, -0.25) is 0 Å². The maximum absolute atomic E-state index is 13.2. The fourth-order valence-corrected chi connectivity index (χ4v) is 5.00. The summed E-state index contributed by atoms with van der Waals surface area (Å²) < 4.78 is 5.85. The van der Waals surface area contributed by atoms with Gasteiger partial charge in [0.1, 0.15) is 11.5 Å². The number of hydrogen-bond acceptors (Lipinski definition) is 7. The predicted molar refractivity (Wildman–Crippen MR) is 171 cm³/mol. The molecule has 0 aliphatic rings. The van der Waals surface area contributed by atoms with Crippen molar-refractivity contribution in [2.45, 2.75) is 66.2 Å². The zero-order chi connectivity index (χ0) is 30.8. The van der Waals surface area contributed by atoms with E-state index in [0.29, 0.717) is 52.4 Å². The van der Waals surface area contributed by atoms with Crippen LogP contribution in [0.5, 0.6) is 11.5 Å². The summed E-state index contributed by atoms with van der Waals surface area (Å²) in [5.41, 5.74) is 1.86. The van der Waals surface area contributed by atoms with Crippen LogP contribution in [-0.2, 0) is 4.74 Å². The van der Waals surface area contributed by atoms with Crippen LogP contribution in [0, 0.1) is 17.8 Å². The highest BCUT2D eigenvalue weighted by molar-refractivity contribution is 5.90. The van der Waals surface area contributed by atoms with E-state index >= 15 is 0 Å². The van der Waals surface area contributed by atoms with E-state index in [0.717, 1.165) is 25.7 Å². The van der Waals surface area contributed by atoms with Crippen molar-refractivity contribution in [2.24, 2.45) is 17.8 Å². The van der Waals surface area contributed by atoms with Crippen LogP contribution >= 0.6 is 0 Å². The van der Waals surface area contributed by atoms with E-state index in [2.05, 4.69) is 42.6 Å². The number of esters is 1. The number of nitrogens with zero attached hydrogens (tertiary/aromatic N) is 3. The highest BCUT2D eigenvalue weighted by atomic mass is 16.5. The minimum absolute atomic E-state index is 0.0245. The van der Waals surface area contributed by atoms with Gasteiger partial charge in [0, 0.05) is 5.56 Å². The number of para-hydroxylation sites is 2. The van der Waals surface area contributed by atoms with Crippen LogP contribution in [0.15, 0.2) is 72.8 Å². The number of hydrogen-bond donors (Lipinski definition) is 2. The van der Waals surface area contributed by atoms with E-state index in [1.54, 1.807) is 66.7 Å². The van der Waals surface area contributed by atoms with Crippen LogP contribution in [-0.4, -0.2) is 37.7 Å². The largest absolute Gasteiger partial charge is 0.507 e. The fraction of sp³-hybridized carbons (Fsp3) is 0.389. The number of carbonyl (C=O) groups excluding carboxylic acids is 1. The fourth-order valence-electron chi connectivity index (χ4n) is 5.00. The summed E-state index contributed by atoms with van der Waals surface area (Å²) in [6.45, 7) is 9.36. The first-order valence-electron chi connectivity index (χ1n) is 15.3. The van der Waals surface area contributed by atoms with E-state index < -0.39 is 0 Å². The lowest BCUT2D eigenvalue weighted by Gasteiger charge is -2.18. The molecule has 0 aliphatic carbocycles. The summed E-state index contributed by atoms with van der Waals surface area (Å²) in [7, 11) is 0. The van der Waals surface area contributed by atoms with Crippen molar-refractivity contribution in [3.8, 4) is 45.7 Å². The first-order chi connectivity index (χ1) is 20.7. The van der Waals surface area contributed by atoms with Crippen molar-refractivity contribution in [3.05, 3.63) is 78.4 Å². The molecule has 7 heteroatoms. The van der Waals surface area contributed by atoms with Crippen LogP contribution in [0.25, 0.3) is 34.2 Å². The van der Waals surface area contributed by atoms with Crippen molar-refractivity contribution < 1.29 is 19.7 Å². The van der Waals surface area contributed by atoms with E-state index in [9.17, 15) is 15.0 Å². The number of rotatable bonds is 14. The zero-order valence-electron chi connectivity index (χ0n) is 25.7. The molecule has 0 saturated carbocycles. The van der Waals surface area contributed by atoms with Crippen molar-refractivity contribution in [1.82, 2.24) is 15.0 Å². The molecule has 4 rings (SSSR count). The highest BCUT2D eigenvalue weighted by Gasteiger charge is 2.18. The highest BCUT2D eigenvalue weighted by Crippen LogP contribution is 2.32. The molecule has 0 bridgehead atoms. The molecule has 226 valence electrons. The summed E-state index contributed by atoms with van der Waals surface area (Å²) in [5, 5.41) is 21.0. The van der Waals surface area contributed by atoms with Crippen molar-refractivity contribution in [1.29, 1.82) is 0 Å². The molecule has 1 aromatic heterocycles. The van der Waals surface area contributed by atoms with Crippen LogP contribution in [0.3, 0.4) is 0 Å². The van der Waals surface area contributed by atoms with Crippen molar-refractivity contribution in [3.63, 3.8) is 0 Å². The van der Waals surface area contributed by atoms with E-state index in [1.807, 2.05) is 6.07 Å². The third-order valence-electron chi connectivity index (χ3n) is 7.53. The normalized spacial score (nSPS) is 12.0. The molecule has 1 unspecified atom stereocenters. The van der Waals surface area contributed by atoms with Crippen molar-refractivity contribution >= 4 is 5.97 Å². The Hall–Kier alpha value is -4.26. The first kappa shape index (κ1) is 31.7. The predicted octanol–water partition coefficient (Wildman–Crippen LogP) is 8.71. The van der Waals surface area contributed by atoms with Gasteiger partial charge in [-0.05, 0) is 67.0 Å². The molecule has 43 heavy (non-hydrogen) atoms. The van der Waals surface area contributed by atoms with Crippen LogP contribution in [0.4, 0.5) is 0 Å². The van der Waals surface area contributed by atoms with Gasteiger partial charge >= 0.3 is 5.97 Å². The Labute approximate surface area is 255 Å². The number of aromatic nitrogens is 3. The number of carbonyl (C=O) groups is 1. The van der Waals surface area contributed by atoms with Gasteiger partial charge in [-0.25, -0.2) is 19.7 Å². The monoisotopic (exact) mass is 581 g/mol. The molecule has 2 N–H and O–H groups in total. The molecule has 1 heterocycles. The van der Waals surface area contributed by atoms with E-state index in [1.165, 1.54) is 12.8 Å². The topological polar surface area (TPSA) is 105 Å². The maximum atomic E-state index is 13.2. The third kappa shape index (κ3) is 9.11. The van der Waals surface area contributed by atoms with Gasteiger partial charge < -0.3 is 14.9 Å².